The summed E-state index contributed by atoms with van der Waals surface area (Å²) in [5.74, 6) is -1.61. The lowest BCUT2D eigenvalue weighted by molar-refractivity contribution is -0.150. The molecule has 0 aliphatic heterocycles. The second-order valence-electron chi connectivity index (χ2n) is 5.70. The van der Waals surface area contributed by atoms with Gasteiger partial charge in [-0.2, -0.15) is 0 Å². The van der Waals surface area contributed by atoms with Crippen LogP contribution in [0.1, 0.15) is 12.5 Å². The first-order valence-electron chi connectivity index (χ1n) is 8.24. The van der Waals surface area contributed by atoms with Crippen LogP contribution in [0.3, 0.4) is 0 Å². The van der Waals surface area contributed by atoms with Crippen LogP contribution in [0.5, 0.6) is 0 Å². The van der Waals surface area contributed by atoms with Crippen molar-refractivity contribution in [1.82, 2.24) is 10.6 Å². The maximum atomic E-state index is 12.8. The molecule has 0 radical (unpaired) electrons. The number of esters is 1. The summed E-state index contributed by atoms with van der Waals surface area (Å²) in [6.45, 7) is 1.15. The first-order valence-corrected chi connectivity index (χ1v) is 8.24. The number of nitrogens with one attached hydrogen (secondary N) is 3. The topological polar surface area (TPSA) is 96.5 Å². The highest BCUT2D eigenvalue weighted by Crippen LogP contribution is 2.04. The lowest BCUT2D eigenvalue weighted by Gasteiger charge is -2.14. The van der Waals surface area contributed by atoms with E-state index in [1.165, 1.54) is 19.1 Å². The van der Waals surface area contributed by atoms with Gasteiger partial charge in [0.15, 0.2) is 6.61 Å². The number of hydrogen-bond acceptors (Lipinski definition) is 4. The largest absolute Gasteiger partial charge is 0.454 e. The summed E-state index contributed by atoms with van der Waals surface area (Å²) in [6.07, 6.45) is 0. The number of carbonyl (C=O) groups excluding carboxylic acids is 3. The Morgan fingerprint density at radius 3 is 2.37 bits per heavy atom. The molecule has 0 aliphatic carbocycles. The van der Waals surface area contributed by atoms with E-state index < -0.39 is 30.6 Å². The highest BCUT2D eigenvalue weighted by molar-refractivity contribution is 5.92. The van der Waals surface area contributed by atoms with Gasteiger partial charge < -0.3 is 20.7 Å². The molecular formula is C19H20FN3O4. The summed E-state index contributed by atoms with van der Waals surface area (Å²) in [4.78, 5) is 35.4. The van der Waals surface area contributed by atoms with Crippen LogP contribution < -0.4 is 16.0 Å². The minimum Gasteiger partial charge on any atom is -0.454 e. The molecule has 3 amide bonds. The molecular weight excluding hydrogens is 353 g/mol. The molecule has 142 valence electrons. The lowest BCUT2D eigenvalue weighted by Crippen LogP contribution is -2.42. The van der Waals surface area contributed by atoms with Gasteiger partial charge in [-0.25, -0.2) is 14.0 Å². The third-order valence-corrected chi connectivity index (χ3v) is 3.48. The van der Waals surface area contributed by atoms with Crippen LogP contribution >= 0.6 is 0 Å². The molecule has 2 aromatic carbocycles. The summed E-state index contributed by atoms with van der Waals surface area (Å²) < 4.78 is 17.7. The average Bonchev–Trinajstić information content (AvgIpc) is 2.66. The van der Waals surface area contributed by atoms with Gasteiger partial charge in [0.05, 0.1) is 0 Å². The number of benzene rings is 2. The summed E-state index contributed by atoms with van der Waals surface area (Å²) in [6, 6.07) is 12.9. The number of carbonyl (C=O) groups is 3. The normalized spacial score (nSPS) is 11.2. The van der Waals surface area contributed by atoms with Gasteiger partial charge in [0.1, 0.15) is 11.9 Å². The second kappa shape index (κ2) is 9.91. The molecule has 0 saturated carbocycles. The van der Waals surface area contributed by atoms with Crippen LogP contribution in [0.15, 0.2) is 54.6 Å². The number of urea groups is 1. The van der Waals surface area contributed by atoms with Gasteiger partial charge in [0.2, 0.25) is 0 Å². The molecule has 0 heterocycles. The van der Waals surface area contributed by atoms with E-state index in [-0.39, 0.29) is 12.4 Å². The molecule has 2 rings (SSSR count). The van der Waals surface area contributed by atoms with E-state index in [4.69, 9.17) is 4.74 Å². The number of para-hydroxylation sites is 1. The van der Waals surface area contributed by atoms with E-state index in [2.05, 4.69) is 16.0 Å². The highest BCUT2D eigenvalue weighted by Gasteiger charge is 2.18. The smallest absolute Gasteiger partial charge is 0.328 e. The first kappa shape index (κ1) is 19.9. The molecule has 1 atom stereocenters. The Bertz CT molecular complexity index is 781. The van der Waals surface area contributed by atoms with Crippen molar-refractivity contribution in [2.24, 2.45) is 0 Å². The maximum Gasteiger partial charge on any atom is 0.328 e. The van der Waals surface area contributed by atoms with Crippen LogP contribution in [-0.2, 0) is 20.9 Å². The summed E-state index contributed by atoms with van der Waals surface area (Å²) in [5, 5.41) is 7.54. The molecule has 27 heavy (non-hydrogen) atoms. The van der Waals surface area contributed by atoms with Gasteiger partial charge >= 0.3 is 12.0 Å². The van der Waals surface area contributed by atoms with Crippen molar-refractivity contribution in [3.8, 4) is 0 Å². The molecule has 0 aliphatic rings. The van der Waals surface area contributed by atoms with Gasteiger partial charge in [-0.15, -0.1) is 0 Å². The summed E-state index contributed by atoms with van der Waals surface area (Å²) >= 11 is 0. The maximum absolute atomic E-state index is 12.8. The summed E-state index contributed by atoms with van der Waals surface area (Å²) in [5.41, 5.74) is 1.29. The third-order valence-electron chi connectivity index (χ3n) is 3.48. The van der Waals surface area contributed by atoms with E-state index in [0.717, 1.165) is 0 Å². The number of hydrogen-bond donors (Lipinski definition) is 3. The minimum atomic E-state index is -0.932. The fourth-order valence-electron chi connectivity index (χ4n) is 2.06. The van der Waals surface area contributed by atoms with Crippen molar-refractivity contribution < 1.29 is 23.5 Å². The molecule has 7 nitrogen and oxygen atoms in total. The zero-order valence-electron chi connectivity index (χ0n) is 14.7. The molecule has 8 heteroatoms. The minimum absolute atomic E-state index is 0.184. The Hall–Kier alpha value is -3.42. The van der Waals surface area contributed by atoms with Crippen molar-refractivity contribution in [1.29, 1.82) is 0 Å². The number of anilines is 1. The lowest BCUT2D eigenvalue weighted by atomic mass is 10.2. The van der Waals surface area contributed by atoms with Gasteiger partial charge in [-0.3, -0.25) is 4.79 Å². The van der Waals surface area contributed by atoms with Gasteiger partial charge in [-0.1, -0.05) is 30.3 Å². The third kappa shape index (κ3) is 7.15. The van der Waals surface area contributed by atoms with E-state index >= 15 is 0 Å². The molecule has 2 aromatic rings. The molecule has 0 unspecified atom stereocenters. The summed E-state index contributed by atoms with van der Waals surface area (Å²) in [7, 11) is 0. The Morgan fingerprint density at radius 2 is 1.70 bits per heavy atom. The van der Waals surface area contributed by atoms with Crippen LogP contribution in [0.4, 0.5) is 14.9 Å². The average molecular weight is 373 g/mol. The van der Waals surface area contributed by atoms with Crippen LogP contribution in [0.25, 0.3) is 0 Å². The predicted molar refractivity (Wildman–Crippen MR) is 97.3 cm³/mol. The van der Waals surface area contributed by atoms with Crippen LogP contribution in [-0.4, -0.2) is 30.6 Å². The Morgan fingerprint density at radius 1 is 1.04 bits per heavy atom. The zero-order valence-corrected chi connectivity index (χ0v) is 14.7. The van der Waals surface area contributed by atoms with Gasteiger partial charge in [0, 0.05) is 12.2 Å². The molecule has 0 saturated heterocycles. The number of rotatable bonds is 7. The van der Waals surface area contributed by atoms with E-state index in [9.17, 15) is 18.8 Å². The van der Waals surface area contributed by atoms with Crippen molar-refractivity contribution >= 4 is 23.6 Å². The number of ether oxygens (including phenoxy) is 1. The quantitative estimate of drug-likeness (QED) is 0.648. The highest BCUT2D eigenvalue weighted by atomic mass is 19.1. The Labute approximate surface area is 155 Å². The van der Waals surface area contributed by atoms with Crippen LogP contribution in [0, 0.1) is 5.82 Å². The van der Waals surface area contributed by atoms with E-state index in [1.54, 1.807) is 36.4 Å². The Kier molecular flexibility index (Phi) is 7.30. The molecule has 3 N–H and O–H groups in total. The number of amides is 3. The zero-order chi connectivity index (χ0) is 19.6. The monoisotopic (exact) mass is 373 g/mol. The fraction of sp³-hybridized carbons (Fsp3) is 0.211. The molecule has 0 fully saturated rings. The van der Waals surface area contributed by atoms with Crippen molar-refractivity contribution in [3.63, 3.8) is 0 Å². The molecule has 0 aromatic heterocycles. The molecule has 0 bridgehead atoms. The number of halogens is 1. The first-order chi connectivity index (χ1) is 12.9. The Balaban J connectivity index is 1.68. The molecule has 0 spiro atoms. The van der Waals surface area contributed by atoms with Crippen molar-refractivity contribution in [2.75, 3.05) is 11.9 Å². The SMILES string of the molecule is C[C@H](NC(=O)Nc1ccccc1)C(=O)OCC(=O)NCc1ccc(F)cc1. The standard InChI is InChI=1S/C19H20FN3O4/c1-13(22-19(26)23-16-5-3-2-4-6-16)18(25)27-12-17(24)21-11-14-7-9-15(20)10-8-14/h2-10,13H,11-12H2,1H3,(H,21,24)(H2,22,23,26)/t13-/m0/s1. The predicted octanol–water partition coefficient (Wildman–Crippen LogP) is 2.20. The fourth-order valence-corrected chi connectivity index (χ4v) is 2.06. The van der Waals surface area contributed by atoms with E-state index in [0.29, 0.717) is 11.3 Å². The van der Waals surface area contributed by atoms with E-state index in [1.807, 2.05) is 6.07 Å². The van der Waals surface area contributed by atoms with Gasteiger partial charge in [-0.05, 0) is 36.8 Å². The van der Waals surface area contributed by atoms with Crippen LogP contribution in [0.2, 0.25) is 0 Å². The second-order valence-corrected chi connectivity index (χ2v) is 5.70. The van der Waals surface area contributed by atoms with Gasteiger partial charge in [0.25, 0.3) is 5.91 Å². The van der Waals surface area contributed by atoms with Crippen molar-refractivity contribution in [3.05, 3.63) is 66.0 Å². The van der Waals surface area contributed by atoms with Crippen molar-refractivity contribution in [2.45, 2.75) is 19.5 Å².